The molecule has 0 aliphatic carbocycles. The van der Waals surface area contributed by atoms with Gasteiger partial charge in [-0.2, -0.15) is 4.98 Å². The molecule has 0 unspecified atom stereocenters. The molecule has 3 N–H and O–H groups in total. The van der Waals surface area contributed by atoms with Crippen molar-refractivity contribution in [2.45, 2.75) is 16.6 Å². The smallest absolute Gasteiger partial charge is 0.326 e. The number of aromatic nitrogens is 3. The first kappa shape index (κ1) is 13.5. The van der Waals surface area contributed by atoms with E-state index in [-0.39, 0.29) is 11.7 Å². The first-order valence-electron chi connectivity index (χ1n) is 5.35. The van der Waals surface area contributed by atoms with Crippen molar-refractivity contribution in [1.29, 1.82) is 0 Å². The van der Waals surface area contributed by atoms with Gasteiger partial charge in [0.2, 0.25) is 0 Å². The van der Waals surface area contributed by atoms with E-state index in [1.165, 1.54) is 17.8 Å². The van der Waals surface area contributed by atoms with E-state index in [0.29, 0.717) is 10.5 Å². The minimum Gasteiger partial charge on any atom is -0.326 e. The van der Waals surface area contributed by atoms with Crippen LogP contribution in [0.2, 0.25) is 0 Å². The number of rotatable bonds is 3. The Morgan fingerprint density at radius 1 is 1.47 bits per heavy atom. The zero-order chi connectivity index (χ0) is 14.0. The van der Waals surface area contributed by atoms with Gasteiger partial charge in [0, 0.05) is 13.6 Å². The van der Waals surface area contributed by atoms with Crippen molar-refractivity contribution in [1.82, 2.24) is 14.8 Å². The van der Waals surface area contributed by atoms with Crippen molar-refractivity contribution in [3.05, 3.63) is 50.3 Å². The van der Waals surface area contributed by atoms with Crippen molar-refractivity contribution in [3.8, 4) is 0 Å². The Kier molecular flexibility index (Phi) is 3.82. The molecule has 0 aliphatic heterocycles. The lowest BCUT2D eigenvalue weighted by atomic mass is 10.2. The number of H-pyrrole nitrogens is 1. The van der Waals surface area contributed by atoms with Gasteiger partial charge in [-0.1, -0.05) is 12.1 Å². The molecule has 6 nitrogen and oxygen atoms in total. The van der Waals surface area contributed by atoms with Gasteiger partial charge in [-0.05, 0) is 23.4 Å². The highest BCUT2D eigenvalue weighted by molar-refractivity contribution is 7.99. The van der Waals surface area contributed by atoms with E-state index in [0.717, 1.165) is 11.8 Å². The van der Waals surface area contributed by atoms with Gasteiger partial charge in [-0.3, -0.25) is 19.4 Å². The molecular formula is C11H11FN4O2S. The maximum atomic E-state index is 13.8. The lowest BCUT2D eigenvalue weighted by molar-refractivity contribution is 0.585. The monoisotopic (exact) mass is 282 g/mol. The van der Waals surface area contributed by atoms with Crippen LogP contribution < -0.4 is 16.9 Å². The summed E-state index contributed by atoms with van der Waals surface area (Å²) in [4.78, 5) is 26.2. The summed E-state index contributed by atoms with van der Waals surface area (Å²) in [6.45, 7) is 0.164. The predicted octanol–water partition coefficient (Wildman–Crippen LogP) is 0.218. The first-order chi connectivity index (χ1) is 9.02. The third kappa shape index (κ3) is 2.74. The topological polar surface area (TPSA) is 93.8 Å². The Hall–Kier alpha value is -1.93. The summed E-state index contributed by atoms with van der Waals surface area (Å²) in [6, 6.07) is 4.54. The largest absolute Gasteiger partial charge is 0.339 e. The molecule has 1 heterocycles. The Labute approximate surface area is 111 Å². The summed E-state index contributed by atoms with van der Waals surface area (Å²) in [5.74, 6) is -0.451. The van der Waals surface area contributed by atoms with Gasteiger partial charge >= 0.3 is 11.1 Å². The average Bonchev–Trinajstić information content (AvgIpc) is 2.38. The Morgan fingerprint density at radius 2 is 2.21 bits per heavy atom. The third-order valence-electron chi connectivity index (χ3n) is 2.41. The van der Waals surface area contributed by atoms with Crippen LogP contribution in [0.15, 0.2) is 37.8 Å². The standard InChI is InChI=1S/C11H11FN4O2S/c1-16-11(14-9(17)10(18)15-16)19-8-6(5-13)3-2-4-7(8)12/h2-4H,5,13H2,1H3,(H,15,18). The summed E-state index contributed by atoms with van der Waals surface area (Å²) in [6.07, 6.45) is 0. The second kappa shape index (κ2) is 5.37. The second-order valence-corrected chi connectivity index (χ2v) is 4.71. The van der Waals surface area contributed by atoms with Crippen LogP contribution in [0.3, 0.4) is 0 Å². The maximum absolute atomic E-state index is 13.8. The Bertz CT molecular complexity index is 725. The Morgan fingerprint density at radius 3 is 2.89 bits per heavy atom. The van der Waals surface area contributed by atoms with E-state index < -0.39 is 16.9 Å². The average molecular weight is 282 g/mol. The molecule has 2 aromatic rings. The number of benzene rings is 1. The van der Waals surface area contributed by atoms with E-state index in [4.69, 9.17) is 5.73 Å². The fraction of sp³-hybridized carbons (Fsp3) is 0.182. The van der Waals surface area contributed by atoms with Crippen LogP contribution in [0.4, 0.5) is 4.39 Å². The zero-order valence-corrected chi connectivity index (χ0v) is 10.8. The summed E-state index contributed by atoms with van der Waals surface area (Å²) < 4.78 is 15.0. The minimum atomic E-state index is -0.911. The van der Waals surface area contributed by atoms with E-state index in [2.05, 4.69) is 10.1 Å². The van der Waals surface area contributed by atoms with Crippen molar-refractivity contribution >= 4 is 11.8 Å². The van der Waals surface area contributed by atoms with Crippen LogP contribution >= 0.6 is 11.8 Å². The van der Waals surface area contributed by atoms with Crippen LogP contribution in [-0.4, -0.2) is 14.8 Å². The third-order valence-corrected chi connectivity index (χ3v) is 3.62. The van der Waals surface area contributed by atoms with Crippen LogP contribution in [-0.2, 0) is 13.6 Å². The molecule has 19 heavy (non-hydrogen) atoms. The number of aryl methyl sites for hydroxylation is 1. The van der Waals surface area contributed by atoms with Crippen LogP contribution in [0, 0.1) is 5.82 Å². The highest BCUT2D eigenvalue weighted by Gasteiger charge is 2.13. The van der Waals surface area contributed by atoms with E-state index in [9.17, 15) is 14.0 Å². The number of nitrogens with one attached hydrogen (secondary N) is 1. The molecule has 2 rings (SSSR count). The number of halogens is 1. The van der Waals surface area contributed by atoms with Crippen molar-refractivity contribution in [3.63, 3.8) is 0 Å². The molecule has 0 bridgehead atoms. The number of hydrogen-bond donors (Lipinski definition) is 2. The fourth-order valence-electron chi connectivity index (χ4n) is 1.47. The highest BCUT2D eigenvalue weighted by atomic mass is 32.2. The highest BCUT2D eigenvalue weighted by Crippen LogP contribution is 2.30. The van der Waals surface area contributed by atoms with Gasteiger partial charge in [0.1, 0.15) is 5.82 Å². The van der Waals surface area contributed by atoms with Gasteiger partial charge in [0.15, 0.2) is 5.16 Å². The molecule has 8 heteroatoms. The van der Waals surface area contributed by atoms with E-state index in [1.807, 2.05) is 0 Å². The summed E-state index contributed by atoms with van der Waals surface area (Å²) in [5.41, 5.74) is 4.41. The number of nitrogens with two attached hydrogens (primary N) is 1. The minimum absolute atomic E-state index is 0.164. The molecule has 0 fully saturated rings. The van der Waals surface area contributed by atoms with E-state index in [1.54, 1.807) is 12.1 Å². The Balaban J connectivity index is 2.50. The normalized spacial score (nSPS) is 10.7. The molecule has 0 atom stereocenters. The molecule has 100 valence electrons. The predicted molar refractivity (Wildman–Crippen MR) is 68.5 cm³/mol. The first-order valence-corrected chi connectivity index (χ1v) is 6.17. The van der Waals surface area contributed by atoms with Crippen molar-refractivity contribution in [2.24, 2.45) is 12.8 Å². The molecule has 1 aromatic heterocycles. The number of hydrogen-bond acceptors (Lipinski definition) is 5. The molecule has 0 saturated carbocycles. The second-order valence-electron chi connectivity index (χ2n) is 3.73. The van der Waals surface area contributed by atoms with Gasteiger partial charge in [0.05, 0.1) is 4.90 Å². The molecular weight excluding hydrogens is 271 g/mol. The SMILES string of the molecule is Cn1[nH]c(=O)c(=O)nc1Sc1c(F)cccc1CN. The quantitative estimate of drug-likeness (QED) is 0.785. The lowest BCUT2D eigenvalue weighted by Crippen LogP contribution is -2.33. The molecule has 0 amide bonds. The number of aromatic amines is 1. The van der Waals surface area contributed by atoms with Crippen molar-refractivity contribution < 1.29 is 4.39 Å². The van der Waals surface area contributed by atoms with Crippen molar-refractivity contribution in [2.75, 3.05) is 0 Å². The molecule has 1 aromatic carbocycles. The van der Waals surface area contributed by atoms with Gasteiger partial charge < -0.3 is 5.73 Å². The number of nitrogens with zero attached hydrogens (tertiary/aromatic N) is 2. The van der Waals surface area contributed by atoms with Gasteiger partial charge in [-0.15, -0.1) is 0 Å². The zero-order valence-electron chi connectivity index (χ0n) is 10.0. The van der Waals surface area contributed by atoms with Gasteiger partial charge in [0.25, 0.3) is 0 Å². The van der Waals surface area contributed by atoms with Crippen LogP contribution in [0.1, 0.15) is 5.56 Å². The van der Waals surface area contributed by atoms with Crippen LogP contribution in [0.25, 0.3) is 0 Å². The molecule has 0 aliphatic rings. The summed E-state index contributed by atoms with van der Waals surface area (Å²) in [7, 11) is 1.51. The molecule has 0 saturated heterocycles. The fourth-order valence-corrected chi connectivity index (χ4v) is 2.41. The maximum Gasteiger partial charge on any atom is 0.339 e. The molecule has 0 spiro atoms. The van der Waals surface area contributed by atoms with E-state index >= 15 is 0 Å². The van der Waals surface area contributed by atoms with Gasteiger partial charge in [-0.25, -0.2) is 4.39 Å². The summed E-state index contributed by atoms with van der Waals surface area (Å²) >= 11 is 0.942. The summed E-state index contributed by atoms with van der Waals surface area (Å²) in [5, 5.41) is 2.48. The molecule has 0 radical (unpaired) electrons. The lowest BCUT2D eigenvalue weighted by Gasteiger charge is -2.09. The van der Waals surface area contributed by atoms with Crippen LogP contribution in [0.5, 0.6) is 0 Å².